The predicted molar refractivity (Wildman–Crippen MR) is 162 cm³/mol. The molecule has 0 aliphatic carbocycles. The lowest BCUT2D eigenvalue weighted by atomic mass is 9.90. The normalized spacial score (nSPS) is 14.1. The van der Waals surface area contributed by atoms with E-state index < -0.39 is 119 Å². The van der Waals surface area contributed by atoms with Crippen molar-refractivity contribution in [1.82, 2.24) is 10.6 Å². The Morgan fingerprint density at radius 2 is 1.29 bits per heavy atom. The summed E-state index contributed by atoms with van der Waals surface area (Å²) in [6, 6.07) is -1.55. The average Bonchev–Trinajstić information content (AvgIpc) is 2.95. The molecule has 22 heteroatoms. The number of Topliss-reactive ketones (excluding diaryl/α,β-unsaturated/α-hetero) is 2. The molecule has 48 heavy (non-hydrogen) atoms. The monoisotopic (exact) mass is 736 g/mol. The van der Waals surface area contributed by atoms with Gasteiger partial charge in [0.2, 0.25) is 11.8 Å². The zero-order valence-electron chi connectivity index (χ0n) is 26.6. The summed E-state index contributed by atoms with van der Waals surface area (Å²) < 4.78 is 38.4. The summed E-state index contributed by atoms with van der Waals surface area (Å²) in [5, 5.41) is 29.0. The summed E-state index contributed by atoms with van der Waals surface area (Å²) in [7, 11) is -9.95. The van der Waals surface area contributed by atoms with E-state index in [0.717, 1.165) is 0 Å². The van der Waals surface area contributed by atoms with Crippen molar-refractivity contribution >= 4 is 50.5 Å². The Hall–Kier alpha value is -2.64. The quantitative estimate of drug-likeness (QED) is 0.0342. The molecule has 0 aromatic rings. The molecule has 278 valence electrons. The summed E-state index contributed by atoms with van der Waals surface area (Å²) >= 11 is 0. The van der Waals surface area contributed by atoms with Gasteiger partial charge in [0, 0.05) is 51.9 Å². The highest BCUT2D eigenvalue weighted by Crippen LogP contribution is 2.69. The SMILES string of the molecule is COCCOCCOCCCC(=O)C(CC(=O)O)NC(=O)C(CC(=O)NCCCC(O)(P(=O)(O)O)P(=O)(O)O)CC(=O)C(C)CC(=O)O. The number of ether oxygens (including phenoxy) is 3. The molecule has 0 aliphatic rings. The fourth-order valence-electron chi connectivity index (χ4n) is 4.08. The number of hydrogen-bond donors (Lipinski definition) is 9. The van der Waals surface area contributed by atoms with Crippen molar-refractivity contribution in [1.29, 1.82) is 0 Å². The van der Waals surface area contributed by atoms with Crippen molar-refractivity contribution in [3.05, 3.63) is 0 Å². The van der Waals surface area contributed by atoms with E-state index in [9.17, 15) is 67.7 Å². The largest absolute Gasteiger partial charge is 0.481 e. The van der Waals surface area contributed by atoms with Crippen molar-refractivity contribution in [2.45, 2.75) is 69.4 Å². The van der Waals surface area contributed by atoms with Gasteiger partial charge in [0.1, 0.15) is 5.78 Å². The Balaban J connectivity index is 5.51. The molecule has 0 aromatic heterocycles. The molecule has 0 saturated carbocycles. The van der Waals surface area contributed by atoms with Gasteiger partial charge in [0.05, 0.1) is 51.2 Å². The number of ketones is 2. The summed E-state index contributed by atoms with van der Waals surface area (Å²) in [6.45, 7) is 2.16. The lowest BCUT2D eigenvalue weighted by Gasteiger charge is -2.29. The molecular weight excluding hydrogens is 690 g/mol. The van der Waals surface area contributed by atoms with Crippen LogP contribution in [0.4, 0.5) is 0 Å². The first-order chi connectivity index (χ1) is 22.2. The second-order valence-electron chi connectivity index (χ2n) is 10.8. The fourth-order valence-corrected chi connectivity index (χ4v) is 6.34. The van der Waals surface area contributed by atoms with Gasteiger partial charge in [-0.2, -0.15) is 0 Å². The van der Waals surface area contributed by atoms with Crippen molar-refractivity contribution in [3.63, 3.8) is 0 Å². The van der Waals surface area contributed by atoms with Crippen molar-refractivity contribution in [2.24, 2.45) is 11.8 Å². The Morgan fingerprint density at radius 3 is 1.81 bits per heavy atom. The molecule has 9 N–H and O–H groups in total. The topological polar surface area (TPSA) is 330 Å². The van der Waals surface area contributed by atoms with E-state index in [-0.39, 0.29) is 32.7 Å². The van der Waals surface area contributed by atoms with Crippen LogP contribution >= 0.6 is 15.2 Å². The van der Waals surface area contributed by atoms with Crippen molar-refractivity contribution in [2.75, 3.05) is 46.7 Å². The predicted octanol–water partition coefficient (Wildman–Crippen LogP) is -1.05. The zero-order valence-corrected chi connectivity index (χ0v) is 28.4. The van der Waals surface area contributed by atoms with E-state index in [1.54, 1.807) is 0 Å². The zero-order chi connectivity index (χ0) is 37.1. The number of rotatable bonds is 28. The Labute approximate surface area is 276 Å². The van der Waals surface area contributed by atoms with Gasteiger partial charge in [-0.1, -0.05) is 6.92 Å². The molecule has 0 aromatic carbocycles. The van der Waals surface area contributed by atoms with E-state index in [2.05, 4.69) is 10.6 Å². The van der Waals surface area contributed by atoms with Crippen molar-refractivity contribution < 1.29 is 87.0 Å². The van der Waals surface area contributed by atoms with Gasteiger partial charge in [-0.05, 0) is 12.8 Å². The molecule has 20 nitrogen and oxygen atoms in total. The molecule has 2 amide bonds. The number of hydrogen-bond acceptors (Lipinski definition) is 12. The number of carbonyl (C=O) groups excluding carboxylic acids is 4. The first kappa shape index (κ1) is 45.4. The first-order valence-electron chi connectivity index (χ1n) is 14.7. The molecule has 0 fully saturated rings. The number of aliphatic hydroxyl groups is 1. The summed E-state index contributed by atoms with van der Waals surface area (Å²) in [6.07, 6.45) is -4.58. The minimum atomic E-state index is -5.73. The number of nitrogens with one attached hydrogen (secondary N) is 2. The number of methoxy groups -OCH3 is 1. The molecule has 0 radical (unpaired) electrons. The van der Waals surface area contributed by atoms with Crippen LogP contribution in [0.15, 0.2) is 0 Å². The Kier molecular flexibility index (Phi) is 20.9. The van der Waals surface area contributed by atoms with Crippen LogP contribution in [0.1, 0.15) is 58.3 Å². The lowest BCUT2D eigenvalue weighted by Crippen LogP contribution is -2.46. The molecule has 0 saturated heterocycles. The van der Waals surface area contributed by atoms with E-state index in [4.69, 9.17) is 19.3 Å². The van der Waals surface area contributed by atoms with Crippen LogP contribution < -0.4 is 10.6 Å². The minimum absolute atomic E-state index is 0.117. The number of amides is 2. The van der Waals surface area contributed by atoms with E-state index in [1.807, 2.05) is 0 Å². The highest BCUT2D eigenvalue weighted by Gasteiger charge is 2.58. The van der Waals surface area contributed by atoms with Crippen LogP contribution in [0.25, 0.3) is 0 Å². The van der Waals surface area contributed by atoms with Gasteiger partial charge >= 0.3 is 27.1 Å². The number of aliphatic carboxylic acids is 2. The number of carboxylic acid groups (broad SMARTS) is 2. The third kappa shape index (κ3) is 17.7. The molecule has 0 spiro atoms. The lowest BCUT2D eigenvalue weighted by molar-refractivity contribution is -0.142. The standard InChI is InChI=1S/C26H46N2O18P2/c1-17(13-23(32)33)21(30)14-18(15-22(31)27-7-4-6-26(37,47(38,39)40)48(41,42)43)25(36)28-19(16-24(34)35)20(29)5-3-8-45-11-12-46-10-9-44-2/h17-19,37H,3-16H2,1-2H3,(H,27,31)(H,28,36)(H,32,33)(H,34,35)(H2,38,39,40)(H2,41,42,43). The minimum Gasteiger partial charge on any atom is -0.481 e. The van der Waals surface area contributed by atoms with Gasteiger partial charge < -0.3 is 59.7 Å². The summed E-state index contributed by atoms with van der Waals surface area (Å²) in [5.74, 6) is -8.79. The van der Waals surface area contributed by atoms with Crippen LogP contribution in [-0.4, -0.2) is 128 Å². The van der Waals surface area contributed by atoms with E-state index in [0.29, 0.717) is 13.2 Å². The van der Waals surface area contributed by atoms with Gasteiger partial charge in [-0.25, -0.2) is 0 Å². The van der Waals surface area contributed by atoms with Gasteiger partial charge in [0.15, 0.2) is 5.78 Å². The number of carboxylic acids is 2. The molecule has 0 aliphatic heterocycles. The highest BCUT2D eigenvalue weighted by atomic mass is 31.2. The van der Waals surface area contributed by atoms with Gasteiger partial charge in [0.25, 0.3) is 5.08 Å². The third-order valence-corrected chi connectivity index (χ3v) is 10.7. The first-order valence-corrected chi connectivity index (χ1v) is 17.9. The van der Waals surface area contributed by atoms with Crippen LogP contribution in [0.2, 0.25) is 0 Å². The summed E-state index contributed by atoms with van der Waals surface area (Å²) in [5.41, 5.74) is 0. The van der Waals surface area contributed by atoms with Crippen LogP contribution in [0.3, 0.4) is 0 Å². The molecule has 3 atom stereocenters. The second-order valence-corrected chi connectivity index (χ2v) is 14.8. The van der Waals surface area contributed by atoms with Gasteiger partial charge in [-0.15, -0.1) is 0 Å². The second kappa shape index (κ2) is 22.2. The molecular formula is C26H46N2O18P2. The maximum absolute atomic E-state index is 13.2. The molecule has 0 rings (SSSR count). The van der Waals surface area contributed by atoms with Gasteiger partial charge in [-0.3, -0.25) is 37.9 Å². The maximum atomic E-state index is 13.2. The van der Waals surface area contributed by atoms with E-state index in [1.165, 1.54) is 14.0 Å². The van der Waals surface area contributed by atoms with E-state index >= 15 is 0 Å². The van der Waals surface area contributed by atoms with Crippen LogP contribution in [0, 0.1) is 11.8 Å². The molecule has 0 heterocycles. The average molecular weight is 737 g/mol. The smallest absolute Gasteiger partial charge is 0.369 e. The maximum Gasteiger partial charge on any atom is 0.369 e. The Bertz CT molecular complexity index is 1160. The number of carbonyl (C=O) groups is 6. The molecule has 3 unspecified atom stereocenters. The molecule has 0 bridgehead atoms. The third-order valence-electron chi connectivity index (χ3n) is 6.82. The van der Waals surface area contributed by atoms with Crippen LogP contribution in [-0.2, 0) is 52.1 Å². The highest BCUT2D eigenvalue weighted by molar-refractivity contribution is 7.72. The van der Waals surface area contributed by atoms with Crippen molar-refractivity contribution in [3.8, 4) is 0 Å². The Morgan fingerprint density at radius 1 is 0.750 bits per heavy atom. The van der Waals surface area contributed by atoms with Crippen LogP contribution in [0.5, 0.6) is 0 Å². The summed E-state index contributed by atoms with van der Waals surface area (Å²) in [4.78, 5) is 111. The fraction of sp³-hybridized carbons (Fsp3) is 0.769.